The first-order valence-electron chi connectivity index (χ1n) is 5.89. The van der Waals surface area contributed by atoms with Crippen LogP contribution in [0.5, 0.6) is 0 Å². The summed E-state index contributed by atoms with van der Waals surface area (Å²) in [4.78, 5) is 16.4. The lowest BCUT2D eigenvalue weighted by Gasteiger charge is -2.19. The number of rotatable bonds is 3. The second-order valence-electron chi connectivity index (χ2n) is 4.65. The minimum absolute atomic E-state index is 0.0144. The Morgan fingerprint density at radius 3 is 3.05 bits per heavy atom. The number of nitrogens with two attached hydrogens (primary N) is 1. The van der Waals surface area contributed by atoms with Crippen molar-refractivity contribution in [2.24, 2.45) is 11.0 Å². The fourth-order valence-electron chi connectivity index (χ4n) is 2.22. The number of hydrogen-bond donors (Lipinski definition) is 1. The highest BCUT2D eigenvalue weighted by atomic mass is 79.9. The standard InChI is InChI=1S/C12H14BrN5O/c1-7-2-10(14)11(4-9(7)13)18-6-8(3-12(18)19)5-16-17-15/h2,4,8H,3,5-6,14H2,1H3. The van der Waals surface area contributed by atoms with Crippen LogP contribution in [0.15, 0.2) is 21.7 Å². The average Bonchev–Trinajstić information content (AvgIpc) is 2.72. The zero-order valence-corrected chi connectivity index (χ0v) is 12.1. The number of nitrogen functional groups attached to an aromatic ring is 1. The summed E-state index contributed by atoms with van der Waals surface area (Å²) in [5.74, 6) is 0.0727. The number of halogens is 1. The SMILES string of the molecule is Cc1cc(N)c(N2CC(CN=[N+]=[N-])CC2=O)cc1Br. The van der Waals surface area contributed by atoms with Crippen molar-refractivity contribution in [3.8, 4) is 0 Å². The molecule has 2 rings (SSSR count). The lowest BCUT2D eigenvalue weighted by molar-refractivity contribution is -0.117. The number of amides is 1. The van der Waals surface area contributed by atoms with Crippen LogP contribution in [0, 0.1) is 12.8 Å². The van der Waals surface area contributed by atoms with E-state index in [0.29, 0.717) is 30.9 Å². The maximum absolute atomic E-state index is 12.0. The van der Waals surface area contributed by atoms with Crippen molar-refractivity contribution in [1.82, 2.24) is 0 Å². The molecule has 0 spiro atoms. The molecule has 1 unspecified atom stereocenters. The van der Waals surface area contributed by atoms with Crippen LogP contribution in [-0.4, -0.2) is 19.0 Å². The average molecular weight is 324 g/mol. The zero-order valence-electron chi connectivity index (χ0n) is 10.5. The number of carbonyl (C=O) groups is 1. The third-order valence-corrected chi connectivity index (χ3v) is 4.06. The van der Waals surface area contributed by atoms with Gasteiger partial charge in [0.25, 0.3) is 0 Å². The van der Waals surface area contributed by atoms with Crippen LogP contribution in [0.2, 0.25) is 0 Å². The number of nitrogens with zero attached hydrogens (tertiary/aromatic N) is 4. The fourth-order valence-corrected chi connectivity index (χ4v) is 2.55. The van der Waals surface area contributed by atoms with E-state index >= 15 is 0 Å². The van der Waals surface area contributed by atoms with Crippen LogP contribution in [0.25, 0.3) is 10.4 Å². The quantitative estimate of drug-likeness (QED) is 0.400. The summed E-state index contributed by atoms with van der Waals surface area (Å²) in [6, 6.07) is 3.70. The minimum atomic E-state index is 0.0144. The van der Waals surface area contributed by atoms with Crippen LogP contribution < -0.4 is 10.6 Å². The molecule has 1 saturated heterocycles. The van der Waals surface area contributed by atoms with Gasteiger partial charge in [-0.25, -0.2) is 0 Å². The van der Waals surface area contributed by atoms with Gasteiger partial charge in [-0.1, -0.05) is 21.0 Å². The Hall–Kier alpha value is -1.72. The molecule has 1 aromatic rings. The lowest BCUT2D eigenvalue weighted by Crippen LogP contribution is -2.25. The Labute approximate surface area is 119 Å². The molecule has 1 aliphatic rings. The summed E-state index contributed by atoms with van der Waals surface area (Å²) >= 11 is 3.44. The first-order valence-corrected chi connectivity index (χ1v) is 6.69. The fraction of sp³-hybridized carbons (Fsp3) is 0.417. The van der Waals surface area contributed by atoms with E-state index < -0.39 is 0 Å². The third-order valence-electron chi connectivity index (χ3n) is 3.21. The van der Waals surface area contributed by atoms with E-state index in [-0.39, 0.29) is 11.8 Å². The van der Waals surface area contributed by atoms with Gasteiger partial charge >= 0.3 is 0 Å². The Morgan fingerprint density at radius 1 is 1.63 bits per heavy atom. The second-order valence-corrected chi connectivity index (χ2v) is 5.50. The van der Waals surface area contributed by atoms with E-state index in [2.05, 4.69) is 26.0 Å². The van der Waals surface area contributed by atoms with Crippen LogP contribution in [0.4, 0.5) is 11.4 Å². The molecule has 2 N–H and O–H groups in total. The molecule has 1 amide bonds. The highest BCUT2D eigenvalue weighted by Gasteiger charge is 2.31. The highest BCUT2D eigenvalue weighted by Crippen LogP contribution is 2.34. The van der Waals surface area contributed by atoms with Gasteiger partial charge in [-0.15, -0.1) is 0 Å². The van der Waals surface area contributed by atoms with Gasteiger partial charge in [0, 0.05) is 28.9 Å². The number of carbonyl (C=O) groups excluding carboxylic acids is 1. The number of hydrogen-bond acceptors (Lipinski definition) is 3. The first kappa shape index (κ1) is 13.7. The lowest BCUT2D eigenvalue weighted by atomic mass is 10.1. The smallest absolute Gasteiger partial charge is 0.227 e. The molecule has 1 heterocycles. The second kappa shape index (κ2) is 5.50. The van der Waals surface area contributed by atoms with E-state index in [4.69, 9.17) is 11.3 Å². The maximum atomic E-state index is 12.0. The Balaban J connectivity index is 2.25. The molecule has 100 valence electrons. The molecule has 1 fully saturated rings. The number of azide groups is 1. The number of aryl methyl sites for hydroxylation is 1. The van der Waals surface area contributed by atoms with Gasteiger partial charge in [0.15, 0.2) is 0 Å². The molecule has 7 heteroatoms. The Morgan fingerprint density at radius 2 is 2.37 bits per heavy atom. The zero-order chi connectivity index (χ0) is 14.0. The molecule has 0 aromatic heterocycles. The van der Waals surface area contributed by atoms with Gasteiger partial charge in [0.2, 0.25) is 5.91 Å². The summed E-state index contributed by atoms with van der Waals surface area (Å²) in [5, 5.41) is 3.53. The summed E-state index contributed by atoms with van der Waals surface area (Å²) in [6.45, 7) is 2.82. The molecule has 0 aliphatic carbocycles. The monoisotopic (exact) mass is 323 g/mol. The molecule has 1 aliphatic heterocycles. The van der Waals surface area contributed by atoms with Crippen molar-refractivity contribution in [1.29, 1.82) is 0 Å². The molecule has 0 bridgehead atoms. The van der Waals surface area contributed by atoms with Crippen LogP contribution in [0.1, 0.15) is 12.0 Å². The topological polar surface area (TPSA) is 95.1 Å². The van der Waals surface area contributed by atoms with Gasteiger partial charge in [0.05, 0.1) is 11.4 Å². The van der Waals surface area contributed by atoms with E-state index in [0.717, 1.165) is 10.0 Å². The van der Waals surface area contributed by atoms with Crippen molar-refractivity contribution in [3.05, 3.63) is 32.6 Å². The molecular weight excluding hydrogens is 310 g/mol. The van der Waals surface area contributed by atoms with Crippen molar-refractivity contribution in [2.75, 3.05) is 23.7 Å². The Bertz CT molecular complexity index is 567. The van der Waals surface area contributed by atoms with Gasteiger partial charge < -0.3 is 10.6 Å². The molecule has 0 saturated carbocycles. The molecule has 6 nitrogen and oxygen atoms in total. The van der Waals surface area contributed by atoms with Crippen molar-refractivity contribution >= 4 is 33.2 Å². The summed E-state index contributed by atoms with van der Waals surface area (Å²) < 4.78 is 0.919. The molecule has 19 heavy (non-hydrogen) atoms. The number of benzene rings is 1. The van der Waals surface area contributed by atoms with Crippen molar-refractivity contribution < 1.29 is 4.79 Å². The summed E-state index contributed by atoms with van der Waals surface area (Å²) in [5.41, 5.74) is 16.6. The predicted molar refractivity (Wildman–Crippen MR) is 77.8 cm³/mol. The van der Waals surface area contributed by atoms with E-state index in [1.54, 1.807) is 4.90 Å². The van der Waals surface area contributed by atoms with E-state index in [1.807, 2.05) is 19.1 Å². The third kappa shape index (κ3) is 2.83. The number of anilines is 2. The highest BCUT2D eigenvalue weighted by molar-refractivity contribution is 9.10. The maximum Gasteiger partial charge on any atom is 0.227 e. The minimum Gasteiger partial charge on any atom is -0.397 e. The van der Waals surface area contributed by atoms with Crippen LogP contribution in [-0.2, 0) is 4.79 Å². The van der Waals surface area contributed by atoms with Crippen molar-refractivity contribution in [2.45, 2.75) is 13.3 Å². The van der Waals surface area contributed by atoms with Crippen LogP contribution >= 0.6 is 15.9 Å². The molecular formula is C12H14BrN5O. The summed E-state index contributed by atoms with van der Waals surface area (Å²) in [7, 11) is 0. The molecule has 0 radical (unpaired) electrons. The largest absolute Gasteiger partial charge is 0.397 e. The van der Waals surface area contributed by atoms with Gasteiger partial charge in [-0.05, 0) is 36.1 Å². The van der Waals surface area contributed by atoms with Crippen LogP contribution in [0.3, 0.4) is 0 Å². The molecule has 1 atom stereocenters. The first-order chi connectivity index (χ1) is 9.02. The predicted octanol–water partition coefficient (Wildman–Crippen LogP) is 3.00. The van der Waals surface area contributed by atoms with Gasteiger partial charge in [0.1, 0.15) is 0 Å². The van der Waals surface area contributed by atoms with Crippen molar-refractivity contribution in [3.63, 3.8) is 0 Å². The van der Waals surface area contributed by atoms with E-state index in [9.17, 15) is 4.79 Å². The Kier molecular flexibility index (Phi) is 3.97. The normalized spacial score (nSPS) is 18.5. The summed E-state index contributed by atoms with van der Waals surface area (Å²) in [6.07, 6.45) is 0.393. The van der Waals surface area contributed by atoms with Gasteiger partial charge in [-0.3, -0.25) is 4.79 Å². The van der Waals surface area contributed by atoms with E-state index in [1.165, 1.54) is 0 Å². The van der Waals surface area contributed by atoms with Gasteiger partial charge in [-0.2, -0.15) is 0 Å². The molecule has 1 aromatic carbocycles.